The van der Waals surface area contributed by atoms with Gasteiger partial charge in [-0.3, -0.25) is 4.79 Å². The van der Waals surface area contributed by atoms with Crippen molar-refractivity contribution in [3.8, 4) is 5.69 Å². The second-order valence-corrected chi connectivity index (χ2v) is 6.77. The van der Waals surface area contributed by atoms with Crippen LogP contribution in [0.4, 0.5) is 0 Å². The van der Waals surface area contributed by atoms with Crippen molar-refractivity contribution in [3.63, 3.8) is 0 Å². The highest BCUT2D eigenvalue weighted by atomic mass is 16.1. The second kappa shape index (κ2) is 10.8. The molecule has 0 bridgehead atoms. The third kappa shape index (κ3) is 5.94. The fourth-order valence-corrected chi connectivity index (χ4v) is 3.03. The van der Waals surface area contributed by atoms with Gasteiger partial charge in [0, 0.05) is 38.1 Å². The van der Waals surface area contributed by atoms with Gasteiger partial charge in [0.1, 0.15) is 0 Å². The zero-order chi connectivity index (χ0) is 21.2. The number of carbonyl (C=O) groups excluding carboxylic acids is 1. The van der Waals surface area contributed by atoms with Gasteiger partial charge in [0.05, 0.1) is 12.2 Å². The Bertz CT molecular complexity index is 964. The number of carbonyl (C=O) groups is 1. The van der Waals surface area contributed by atoms with Gasteiger partial charge in [-0.15, -0.1) is 0 Å². The molecule has 7 nitrogen and oxygen atoms in total. The summed E-state index contributed by atoms with van der Waals surface area (Å²) >= 11 is 0. The second-order valence-electron chi connectivity index (χ2n) is 6.77. The van der Waals surface area contributed by atoms with E-state index in [-0.39, 0.29) is 5.91 Å². The quantitative estimate of drug-likeness (QED) is 0.398. The SMILES string of the molecule is CCNC(=NCc1cccc(C(=O)NC)c1)NCCc1ccc(-n2cccn2)cc1. The van der Waals surface area contributed by atoms with Crippen LogP contribution in [0.25, 0.3) is 5.69 Å². The molecule has 3 rings (SSSR count). The summed E-state index contributed by atoms with van der Waals surface area (Å²) in [6.45, 7) is 4.09. The summed E-state index contributed by atoms with van der Waals surface area (Å²) in [6.07, 6.45) is 4.59. The van der Waals surface area contributed by atoms with Crippen LogP contribution in [0, 0.1) is 0 Å². The standard InChI is InChI=1S/C23H28N6O/c1-3-25-23(27-17-19-6-4-7-20(16-19)22(30)24-2)26-14-12-18-8-10-21(11-9-18)29-15-5-13-28-29/h4-11,13,15-16H,3,12,14,17H2,1-2H3,(H,24,30)(H2,25,26,27). The molecule has 0 saturated carbocycles. The molecular formula is C23H28N6O. The van der Waals surface area contributed by atoms with E-state index in [1.807, 2.05) is 42.1 Å². The van der Waals surface area contributed by atoms with Crippen molar-refractivity contribution in [2.45, 2.75) is 19.9 Å². The van der Waals surface area contributed by atoms with Gasteiger partial charge in [0.15, 0.2) is 5.96 Å². The third-order valence-electron chi connectivity index (χ3n) is 4.59. The highest BCUT2D eigenvalue weighted by molar-refractivity contribution is 5.94. The summed E-state index contributed by atoms with van der Waals surface area (Å²) in [4.78, 5) is 16.4. The number of benzene rings is 2. The Hall–Kier alpha value is -3.61. The lowest BCUT2D eigenvalue weighted by Crippen LogP contribution is -2.38. The number of rotatable bonds is 8. The van der Waals surface area contributed by atoms with Crippen molar-refractivity contribution in [2.75, 3.05) is 20.1 Å². The molecule has 0 atom stereocenters. The topological polar surface area (TPSA) is 83.3 Å². The zero-order valence-electron chi connectivity index (χ0n) is 17.4. The number of aliphatic imine (C=N–C) groups is 1. The summed E-state index contributed by atoms with van der Waals surface area (Å²) in [5.74, 6) is 0.667. The summed E-state index contributed by atoms with van der Waals surface area (Å²) < 4.78 is 1.84. The first kappa shape index (κ1) is 21.1. The smallest absolute Gasteiger partial charge is 0.251 e. The number of aromatic nitrogens is 2. The van der Waals surface area contributed by atoms with Crippen molar-refractivity contribution >= 4 is 11.9 Å². The molecule has 0 aliphatic carbocycles. The van der Waals surface area contributed by atoms with E-state index in [0.29, 0.717) is 12.1 Å². The summed E-state index contributed by atoms with van der Waals surface area (Å²) in [6, 6.07) is 17.8. The van der Waals surface area contributed by atoms with E-state index < -0.39 is 0 Å². The Morgan fingerprint density at radius 3 is 2.60 bits per heavy atom. The number of hydrogen-bond acceptors (Lipinski definition) is 3. The largest absolute Gasteiger partial charge is 0.357 e. The van der Waals surface area contributed by atoms with Gasteiger partial charge in [-0.25, -0.2) is 9.67 Å². The third-order valence-corrected chi connectivity index (χ3v) is 4.59. The molecule has 3 aromatic rings. The molecule has 0 spiro atoms. The molecular weight excluding hydrogens is 376 g/mol. The minimum absolute atomic E-state index is 0.0931. The van der Waals surface area contributed by atoms with E-state index >= 15 is 0 Å². The fourth-order valence-electron chi connectivity index (χ4n) is 3.03. The number of nitrogens with zero attached hydrogens (tertiary/aromatic N) is 3. The van der Waals surface area contributed by atoms with Crippen molar-refractivity contribution < 1.29 is 4.79 Å². The number of hydrogen-bond donors (Lipinski definition) is 3. The molecule has 0 saturated heterocycles. The maximum Gasteiger partial charge on any atom is 0.251 e. The normalized spacial score (nSPS) is 11.2. The van der Waals surface area contributed by atoms with Crippen LogP contribution in [0.3, 0.4) is 0 Å². The van der Waals surface area contributed by atoms with Crippen LogP contribution in [0.1, 0.15) is 28.4 Å². The minimum Gasteiger partial charge on any atom is -0.357 e. The van der Waals surface area contributed by atoms with Gasteiger partial charge in [-0.05, 0) is 54.8 Å². The van der Waals surface area contributed by atoms with Gasteiger partial charge in [-0.1, -0.05) is 24.3 Å². The maximum atomic E-state index is 11.8. The average Bonchev–Trinajstić information content (AvgIpc) is 3.32. The number of guanidine groups is 1. The molecule has 3 N–H and O–H groups in total. The molecule has 0 unspecified atom stereocenters. The molecule has 7 heteroatoms. The molecule has 0 aliphatic heterocycles. The molecule has 0 fully saturated rings. The Labute approximate surface area is 177 Å². The molecule has 1 amide bonds. The lowest BCUT2D eigenvalue weighted by Gasteiger charge is -2.12. The van der Waals surface area contributed by atoms with Crippen LogP contribution in [-0.4, -0.2) is 41.8 Å². The first-order valence-electron chi connectivity index (χ1n) is 10.1. The predicted octanol–water partition coefficient (Wildman–Crippen LogP) is 2.53. The van der Waals surface area contributed by atoms with Crippen molar-refractivity contribution in [3.05, 3.63) is 83.7 Å². The van der Waals surface area contributed by atoms with Crippen LogP contribution in [0.15, 0.2) is 72.0 Å². The van der Waals surface area contributed by atoms with Gasteiger partial charge < -0.3 is 16.0 Å². The van der Waals surface area contributed by atoms with Gasteiger partial charge in [0.25, 0.3) is 5.91 Å². The molecule has 2 aromatic carbocycles. The van der Waals surface area contributed by atoms with Crippen molar-refractivity contribution in [1.82, 2.24) is 25.7 Å². The Kier molecular flexibility index (Phi) is 7.60. The summed E-state index contributed by atoms with van der Waals surface area (Å²) in [5.41, 5.74) is 3.92. The molecule has 30 heavy (non-hydrogen) atoms. The maximum absolute atomic E-state index is 11.8. The Balaban J connectivity index is 1.54. The van der Waals surface area contributed by atoms with E-state index in [1.165, 1.54) is 5.56 Å². The van der Waals surface area contributed by atoms with Crippen LogP contribution in [-0.2, 0) is 13.0 Å². The number of nitrogens with one attached hydrogen (secondary N) is 3. The van der Waals surface area contributed by atoms with Crippen molar-refractivity contribution in [2.24, 2.45) is 4.99 Å². The average molecular weight is 405 g/mol. The van der Waals surface area contributed by atoms with E-state index in [9.17, 15) is 4.79 Å². The molecule has 0 aliphatic rings. The molecule has 0 radical (unpaired) electrons. The van der Waals surface area contributed by atoms with Crippen molar-refractivity contribution in [1.29, 1.82) is 0 Å². The fraction of sp³-hybridized carbons (Fsp3) is 0.261. The van der Waals surface area contributed by atoms with E-state index in [4.69, 9.17) is 0 Å². The minimum atomic E-state index is -0.0931. The monoisotopic (exact) mass is 404 g/mol. The lowest BCUT2D eigenvalue weighted by atomic mass is 10.1. The van der Waals surface area contributed by atoms with Gasteiger partial charge >= 0.3 is 0 Å². The first-order chi connectivity index (χ1) is 14.7. The molecule has 1 aromatic heterocycles. The van der Waals surface area contributed by atoms with Gasteiger partial charge in [0.2, 0.25) is 0 Å². The van der Waals surface area contributed by atoms with Crippen LogP contribution in [0.5, 0.6) is 0 Å². The Morgan fingerprint density at radius 1 is 1.07 bits per heavy atom. The van der Waals surface area contributed by atoms with Crippen LogP contribution < -0.4 is 16.0 Å². The highest BCUT2D eigenvalue weighted by Gasteiger charge is 2.04. The summed E-state index contributed by atoms with van der Waals surface area (Å²) in [5, 5.41) is 13.5. The van der Waals surface area contributed by atoms with Gasteiger partial charge in [-0.2, -0.15) is 5.10 Å². The van der Waals surface area contributed by atoms with Crippen LogP contribution >= 0.6 is 0 Å². The first-order valence-corrected chi connectivity index (χ1v) is 10.1. The predicted molar refractivity (Wildman–Crippen MR) is 120 cm³/mol. The molecule has 156 valence electrons. The Morgan fingerprint density at radius 2 is 1.90 bits per heavy atom. The highest BCUT2D eigenvalue weighted by Crippen LogP contribution is 2.09. The number of amides is 1. The van der Waals surface area contributed by atoms with E-state index in [1.54, 1.807) is 19.3 Å². The van der Waals surface area contributed by atoms with E-state index in [2.05, 4.69) is 50.3 Å². The summed E-state index contributed by atoms with van der Waals surface area (Å²) in [7, 11) is 1.63. The lowest BCUT2D eigenvalue weighted by molar-refractivity contribution is 0.0963. The van der Waals surface area contributed by atoms with E-state index in [0.717, 1.165) is 36.7 Å². The zero-order valence-corrected chi connectivity index (χ0v) is 17.4. The molecule has 1 heterocycles. The van der Waals surface area contributed by atoms with Crippen LogP contribution in [0.2, 0.25) is 0 Å².